The Hall–Kier alpha value is -2.01. The second-order valence-electron chi connectivity index (χ2n) is 5.50. The lowest BCUT2D eigenvalue weighted by molar-refractivity contribution is 0.0947. The summed E-state index contributed by atoms with van der Waals surface area (Å²) in [5.41, 5.74) is 1.46. The number of rotatable bonds is 6. The van der Waals surface area contributed by atoms with E-state index >= 15 is 0 Å². The van der Waals surface area contributed by atoms with Crippen molar-refractivity contribution in [2.24, 2.45) is 0 Å². The molecule has 0 heterocycles. The number of hydrogen-bond acceptors (Lipinski definition) is 3. The molecule has 3 rings (SSSR count). The lowest BCUT2D eigenvalue weighted by Crippen LogP contribution is -2.26. The quantitative estimate of drug-likeness (QED) is 0.813. The molecule has 0 atom stereocenters. The van der Waals surface area contributed by atoms with Gasteiger partial charge in [-0.1, -0.05) is 18.2 Å². The first-order valence-corrected chi connectivity index (χ1v) is 8.51. The van der Waals surface area contributed by atoms with Crippen LogP contribution in [0.3, 0.4) is 0 Å². The molecule has 0 bridgehead atoms. The van der Waals surface area contributed by atoms with Crippen LogP contribution in [0.15, 0.2) is 47.4 Å². The Bertz CT molecular complexity index is 699. The molecule has 23 heavy (non-hydrogen) atoms. The third kappa shape index (κ3) is 4.05. The molecule has 1 aliphatic rings. The zero-order valence-corrected chi connectivity index (χ0v) is 13.7. The summed E-state index contributed by atoms with van der Waals surface area (Å²) in [6.07, 6.45) is 2.02. The van der Waals surface area contributed by atoms with Gasteiger partial charge in [0, 0.05) is 11.8 Å². The Labute approximate surface area is 139 Å². The first kappa shape index (κ1) is 15.9. The van der Waals surface area contributed by atoms with E-state index in [4.69, 9.17) is 4.74 Å². The molecule has 2 aromatic carbocycles. The predicted molar refractivity (Wildman–Crippen MR) is 89.4 cm³/mol. The van der Waals surface area contributed by atoms with Gasteiger partial charge < -0.3 is 10.1 Å². The average molecular weight is 331 g/mol. The molecule has 5 heteroatoms. The molecule has 1 N–H and O–H groups in total. The molecule has 1 amide bonds. The van der Waals surface area contributed by atoms with Gasteiger partial charge in [-0.05, 0) is 42.7 Å². The molecule has 1 aliphatic carbocycles. The third-order valence-corrected chi connectivity index (χ3v) is 4.85. The van der Waals surface area contributed by atoms with Crippen molar-refractivity contribution in [2.75, 3.05) is 7.11 Å². The molecule has 0 radical (unpaired) electrons. The lowest BCUT2D eigenvalue weighted by atomic mass is 10.2. The standard InChI is InChI=1S/C18H18FNO2S/c1-22-14-9-5-12(6-10-14)11-23-17-15(3-2-4-16(17)19)18(21)20-13-7-8-13/h2-6,9-10,13H,7-8,11H2,1H3,(H,20,21). The number of ether oxygens (including phenoxy) is 1. The summed E-state index contributed by atoms with van der Waals surface area (Å²) in [6.45, 7) is 0. The highest BCUT2D eigenvalue weighted by atomic mass is 32.2. The number of benzene rings is 2. The second kappa shape index (κ2) is 7.04. The van der Waals surface area contributed by atoms with E-state index in [-0.39, 0.29) is 17.8 Å². The van der Waals surface area contributed by atoms with Gasteiger partial charge >= 0.3 is 0 Å². The molecule has 0 saturated heterocycles. The number of carbonyl (C=O) groups is 1. The molecule has 0 aliphatic heterocycles. The first-order chi connectivity index (χ1) is 11.2. The minimum atomic E-state index is -0.355. The lowest BCUT2D eigenvalue weighted by Gasteiger charge is -2.11. The predicted octanol–water partition coefficient (Wildman–Crippen LogP) is 4.02. The number of nitrogens with one attached hydrogen (secondary N) is 1. The summed E-state index contributed by atoms with van der Waals surface area (Å²) in [4.78, 5) is 12.7. The van der Waals surface area contributed by atoms with Crippen LogP contribution < -0.4 is 10.1 Å². The number of methoxy groups -OCH3 is 1. The number of hydrogen-bond donors (Lipinski definition) is 1. The van der Waals surface area contributed by atoms with E-state index < -0.39 is 0 Å². The monoisotopic (exact) mass is 331 g/mol. The highest BCUT2D eigenvalue weighted by Crippen LogP contribution is 2.30. The van der Waals surface area contributed by atoms with Crippen LogP contribution in [0.25, 0.3) is 0 Å². The zero-order valence-electron chi connectivity index (χ0n) is 12.8. The summed E-state index contributed by atoms with van der Waals surface area (Å²) in [5.74, 6) is 0.833. The Morgan fingerprint density at radius 2 is 2.00 bits per heavy atom. The van der Waals surface area contributed by atoms with Crippen LogP contribution in [0.1, 0.15) is 28.8 Å². The minimum absolute atomic E-state index is 0.191. The van der Waals surface area contributed by atoms with Crippen LogP contribution >= 0.6 is 11.8 Å². The molecule has 0 aromatic heterocycles. The van der Waals surface area contributed by atoms with Crippen molar-refractivity contribution in [2.45, 2.75) is 29.5 Å². The molecule has 0 unspecified atom stereocenters. The van der Waals surface area contributed by atoms with Crippen molar-refractivity contribution in [3.63, 3.8) is 0 Å². The summed E-state index contributed by atoms with van der Waals surface area (Å²) >= 11 is 1.34. The average Bonchev–Trinajstić information content (AvgIpc) is 3.38. The van der Waals surface area contributed by atoms with E-state index in [0.717, 1.165) is 24.2 Å². The molecular formula is C18H18FNO2S. The van der Waals surface area contributed by atoms with Crippen LogP contribution in [0.4, 0.5) is 4.39 Å². The molecular weight excluding hydrogens is 313 g/mol. The fourth-order valence-electron chi connectivity index (χ4n) is 2.20. The van der Waals surface area contributed by atoms with Crippen molar-refractivity contribution in [1.82, 2.24) is 5.32 Å². The topological polar surface area (TPSA) is 38.3 Å². The normalized spacial score (nSPS) is 13.7. The Morgan fingerprint density at radius 1 is 1.26 bits per heavy atom. The van der Waals surface area contributed by atoms with Crippen LogP contribution in [0.5, 0.6) is 5.75 Å². The highest BCUT2D eigenvalue weighted by molar-refractivity contribution is 7.98. The largest absolute Gasteiger partial charge is 0.497 e. The number of thioether (sulfide) groups is 1. The van der Waals surface area contributed by atoms with Gasteiger partial charge in [-0.2, -0.15) is 0 Å². The maximum atomic E-state index is 14.2. The van der Waals surface area contributed by atoms with Crippen LogP contribution in [0.2, 0.25) is 0 Å². The zero-order chi connectivity index (χ0) is 16.2. The van der Waals surface area contributed by atoms with Crippen molar-refractivity contribution in [1.29, 1.82) is 0 Å². The molecule has 120 valence electrons. The molecule has 1 fully saturated rings. The second-order valence-corrected chi connectivity index (χ2v) is 6.49. The number of halogens is 1. The fourth-order valence-corrected chi connectivity index (χ4v) is 3.23. The fraction of sp³-hybridized carbons (Fsp3) is 0.278. The van der Waals surface area contributed by atoms with Gasteiger partial charge in [0.1, 0.15) is 11.6 Å². The van der Waals surface area contributed by atoms with Gasteiger partial charge in [0.05, 0.1) is 17.6 Å². The summed E-state index contributed by atoms with van der Waals surface area (Å²) in [5, 5.41) is 2.92. The Kier molecular flexibility index (Phi) is 4.86. The van der Waals surface area contributed by atoms with Gasteiger partial charge in [-0.15, -0.1) is 11.8 Å². The molecule has 2 aromatic rings. The minimum Gasteiger partial charge on any atom is -0.497 e. The van der Waals surface area contributed by atoms with Crippen molar-refractivity contribution < 1.29 is 13.9 Å². The van der Waals surface area contributed by atoms with Crippen molar-refractivity contribution >= 4 is 17.7 Å². The smallest absolute Gasteiger partial charge is 0.252 e. The van der Waals surface area contributed by atoms with Gasteiger partial charge in [-0.3, -0.25) is 4.79 Å². The third-order valence-electron chi connectivity index (χ3n) is 3.67. The van der Waals surface area contributed by atoms with E-state index in [9.17, 15) is 9.18 Å². The van der Waals surface area contributed by atoms with Gasteiger partial charge in [0.25, 0.3) is 5.91 Å². The van der Waals surface area contributed by atoms with Crippen LogP contribution in [-0.2, 0) is 5.75 Å². The first-order valence-electron chi connectivity index (χ1n) is 7.52. The molecule has 0 spiro atoms. The number of carbonyl (C=O) groups excluding carboxylic acids is 1. The van der Waals surface area contributed by atoms with E-state index in [0.29, 0.717) is 16.2 Å². The van der Waals surface area contributed by atoms with Crippen LogP contribution in [0, 0.1) is 5.82 Å². The Morgan fingerprint density at radius 3 is 2.65 bits per heavy atom. The summed E-state index contributed by atoms with van der Waals surface area (Å²) < 4.78 is 19.3. The van der Waals surface area contributed by atoms with E-state index in [1.165, 1.54) is 17.8 Å². The van der Waals surface area contributed by atoms with E-state index in [1.807, 2.05) is 24.3 Å². The molecule has 1 saturated carbocycles. The maximum Gasteiger partial charge on any atom is 0.252 e. The number of amides is 1. The SMILES string of the molecule is COc1ccc(CSc2c(F)cccc2C(=O)NC2CC2)cc1. The van der Waals surface area contributed by atoms with Crippen molar-refractivity contribution in [3.8, 4) is 5.75 Å². The molecule has 3 nitrogen and oxygen atoms in total. The van der Waals surface area contributed by atoms with E-state index in [2.05, 4.69) is 5.32 Å². The highest BCUT2D eigenvalue weighted by Gasteiger charge is 2.25. The van der Waals surface area contributed by atoms with E-state index in [1.54, 1.807) is 19.2 Å². The van der Waals surface area contributed by atoms with Crippen molar-refractivity contribution in [3.05, 3.63) is 59.4 Å². The van der Waals surface area contributed by atoms with Gasteiger partial charge in [-0.25, -0.2) is 4.39 Å². The van der Waals surface area contributed by atoms with Gasteiger partial charge in [0.2, 0.25) is 0 Å². The Balaban J connectivity index is 1.73. The summed E-state index contributed by atoms with van der Waals surface area (Å²) in [6, 6.07) is 12.5. The van der Waals surface area contributed by atoms with Gasteiger partial charge in [0.15, 0.2) is 0 Å². The van der Waals surface area contributed by atoms with Crippen LogP contribution in [-0.4, -0.2) is 19.1 Å². The maximum absolute atomic E-state index is 14.2. The summed E-state index contributed by atoms with van der Waals surface area (Å²) in [7, 11) is 1.62.